The minimum atomic E-state index is -0.377. The van der Waals surface area contributed by atoms with Crippen molar-refractivity contribution in [2.75, 3.05) is 6.61 Å². The second kappa shape index (κ2) is 9.07. The van der Waals surface area contributed by atoms with Gasteiger partial charge in [-0.1, -0.05) is 54.6 Å². The smallest absolute Gasteiger partial charge is 0.258 e. The highest BCUT2D eigenvalue weighted by Crippen LogP contribution is 2.30. The van der Waals surface area contributed by atoms with E-state index < -0.39 is 0 Å². The van der Waals surface area contributed by atoms with Crippen LogP contribution >= 0.6 is 0 Å². The molecule has 0 radical (unpaired) electrons. The Labute approximate surface area is 176 Å². The van der Waals surface area contributed by atoms with Crippen LogP contribution in [0.15, 0.2) is 71.8 Å². The number of carbonyl (C=O) groups is 1. The fourth-order valence-electron chi connectivity index (χ4n) is 3.68. The molecule has 3 N–H and O–H groups in total. The number of hydrogen-bond acceptors (Lipinski definition) is 5. The summed E-state index contributed by atoms with van der Waals surface area (Å²) in [5.74, 6) is 0.671. The lowest BCUT2D eigenvalue weighted by Gasteiger charge is -2.15. The van der Waals surface area contributed by atoms with Gasteiger partial charge in [-0.3, -0.25) is 4.79 Å². The van der Waals surface area contributed by atoms with Crippen molar-refractivity contribution >= 4 is 22.4 Å². The van der Waals surface area contributed by atoms with E-state index in [1.807, 2.05) is 56.3 Å². The number of hydrazone groups is 1. The maximum atomic E-state index is 12.6. The number of ether oxygens (including phenoxy) is 1. The molecular formula is C24H26N4O2. The van der Waals surface area contributed by atoms with E-state index >= 15 is 0 Å². The Bertz CT molecular complexity index is 1080. The Morgan fingerprint density at radius 2 is 1.83 bits per heavy atom. The van der Waals surface area contributed by atoms with Crippen LogP contribution in [-0.4, -0.2) is 24.3 Å². The van der Waals surface area contributed by atoms with Gasteiger partial charge < -0.3 is 4.74 Å². The van der Waals surface area contributed by atoms with E-state index in [1.165, 1.54) is 5.39 Å². The van der Waals surface area contributed by atoms with E-state index in [4.69, 9.17) is 4.74 Å². The molecule has 0 aromatic heterocycles. The highest BCUT2D eigenvalue weighted by Gasteiger charge is 2.31. The van der Waals surface area contributed by atoms with Crippen molar-refractivity contribution in [3.63, 3.8) is 0 Å². The molecule has 30 heavy (non-hydrogen) atoms. The molecule has 6 heteroatoms. The molecule has 1 aliphatic rings. The summed E-state index contributed by atoms with van der Waals surface area (Å²) in [7, 11) is 0. The van der Waals surface area contributed by atoms with Crippen molar-refractivity contribution in [2.45, 2.75) is 32.4 Å². The lowest BCUT2D eigenvalue weighted by molar-refractivity contribution is -0.122. The number of carbonyl (C=O) groups excluding carboxylic acids is 1. The topological polar surface area (TPSA) is 74.8 Å². The van der Waals surface area contributed by atoms with Crippen LogP contribution in [0.5, 0.6) is 5.75 Å². The average Bonchev–Trinajstić information content (AvgIpc) is 3.28. The second-order valence-corrected chi connectivity index (χ2v) is 7.34. The van der Waals surface area contributed by atoms with Gasteiger partial charge in [0.05, 0.1) is 18.4 Å². The lowest BCUT2D eigenvalue weighted by Crippen LogP contribution is -2.41. The van der Waals surface area contributed by atoms with Gasteiger partial charge >= 0.3 is 0 Å². The predicted octanol–water partition coefficient (Wildman–Crippen LogP) is 3.69. The highest BCUT2D eigenvalue weighted by atomic mass is 16.5. The van der Waals surface area contributed by atoms with Gasteiger partial charge in [0.1, 0.15) is 11.8 Å². The van der Waals surface area contributed by atoms with Gasteiger partial charge in [-0.15, -0.1) is 0 Å². The number of amides is 1. The Morgan fingerprint density at radius 1 is 1.07 bits per heavy atom. The molecule has 2 unspecified atom stereocenters. The molecule has 0 bridgehead atoms. The van der Waals surface area contributed by atoms with Crippen molar-refractivity contribution in [3.05, 3.63) is 77.9 Å². The zero-order valence-electron chi connectivity index (χ0n) is 17.2. The molecular weight excluding hydrogens is 376 g/mol. The molecule has 0 spiro atoms. The number of benzene rings is 3. The van der Waals surface area contributed by atoms with Crippen LogP contribution in [-0.2, 0) is 4.79 Å². The van der Waals surface area contributed by atoms with E-state index in [9.17, 15) is 4.79 Å². The summed E-state index contributed by atoms with van der Waals surface area (Å²) in [6.07, 6.45) is 0.612. The minimum absolute atomic E-state index is 0.00550. The van der Waals surface area contributed by atoms with Gasteiger partial charge in [0.2, 0.25) is 0 Å². The minimum Gasteiger partial charge on any atom is -0.494 e. The fourth-order valence-corrected chi connectivity index (χ4v) is 3.68. The maximum Gasteiger partial charge on any atom is 0.258 e. The monoisotopic (exact) mass is 402 g/mol. The normalized spacial score (nSPS) is 19.1. The third-order valence-electron chi connectivity index (χ3n) is 5.31. The number of nitrogens with zero attached hydrogens (tertiary/aromatic N) is 1. The van der Waals surface area contributed by atoms with Crippen LogP contribution in [0.1, 0.15) is 37.4 Å². The molecule has 1 aliphatic heterocycles. The molecule has 4 rings (SSSR count). The molecule has 2 atom stereocenters. The second-order valence-electron chi connectivity index (χ2n) is 7.34. The fraction of sp³-hybridized carbons (Fsp3) is 0.250. The van der Waals surface area contributed by atoms with Gasteiger partial charge in [-0.2, -0.15) is 5.10 Å². The quantitative estimate of drug-likeness (QED) is 0.434. The van der Waals surface area contributed by atoms with Crippen LogP contribution in [0.4, 0.5) is 0 Å². The lowest BCUT2D eigenvalue weighted by atomic mass is 10.0. The first-order chi connectivity index (χ1) is 14.7. The maximum absolute atomic E-state index is 12.6. The first-order valence-electron chi connectivity index (χ1n) is 10.2. The van der Waals surface area contributed by atoms with Gasteiger partial charge in [0.25, 0.3) is 5.91 Å². The summed E-state index contributed by atoms with van der Waals surface area (Å²) in [5.41, 5.74) is 11.8. The molecule has 1 amide bonds. The van der Waals surface area contributed by atoms with E-state index in [2.05, 4.69) is 45.6 Å². The summed E-state index contributed by atoms with van der Waals surface area (Å²) in [6, 6.07) is 21.9. The van der Waals surface area contributed by atoms with Crippen LogP contribution in [0.25, 0.3) is 10.8 Å². The molecule has 1 saturated heterocycles. The largest absolute Gasteiger partial charge is 0.494 e. The Balaban J connectivity index is 1.40. The molecule has 1 fully saturated rings. The molecule has 3 aromatic carbocycles. The van der Waals surface area contributed by atoms with Gasteiger partial charge in [-0.25, -0.2) is 16.3 Å². The van der Waals surface area contributed by atoms with Crippen molar-refractivity contribution < 1.29 is 9.53 Å². The average molecular weight is 402 g/mol. The van der Waals surface area contributed by atoms with Crippen molar-refractivity contribution in [3.8, 4) is 5.75 Å². The molecule has 0 aliphatic carbocycles. The van der Waals surface area contributed by atoms with E-state index in [1.54, 1.807) is 0 Å². The van der Waals surface area contributed by atoms with Crippen LogP contribution in [0, 0.1) is 0 Å². The van der Waals surface area contributed by atoms with E-state index in [0.29, 0.717) is 13.0 Å². The number of para-hydroxylation sites is 1. The van der Waals surface area contributed by atoms with Crippen molar-refractivity contribution in [1.29, 1.82) is 0 Å². The predicted molar refractivity (Wildman–Crippen MR) is 119 cm³/mol. The molecule has 154 valence electrons. The van der Waals surface area contributed by atoms with E-state index in [-0.39, 0.29) is 18.0 Å². The SMILES string of the molecule is CCOc1ccccc1C1CC(C(=O)N/N=C(\C)c2ccc3ccccc3c2)NN1. The zero-order chi connectivity index (χ0) is 20.9. The van der Waals surface area contributed by atoms with E-state index in [0.717, 1.165) is 28.0 Å². The number of hydrazine groups is 1. The third-order valence-corrected chi connectivity index (χ3v) is 5.31. The summed E-state index contributed by atoms with van der Waals surface area (Å²) in [4.78, 5) is 12.6. The summed E-state index contributed by atoms with van der Waals surface area (Å²) in [6.45, 7) is 4.46. The Morgan fingerprint density at radius 3 is 2.67 bits per heavy atom. The molecule has 6 nitrogen and oxygen atoms in total. The number of fused-ring (bicyclic) bond motifs is 1. The Hall–Kier alpha value is -3.22. The third kappa shape index (κ3) is 4.35. The first kappa shape index (κ1) is 20.1. The summed E-state index contributed by atoms with van der Waals surface area (Å²) < 4.78 is 5.71. The van der Waals surface area contributed by atoms with Gasteiger partial charge in [0.15, 0.2) is 0 Å². The van der Waals surface area contributed by atoms with Gasteiger partial charge in [-0.05, 0) is 48.7 Å². The number of rotatable bonds is 6. The van der Waals surface area contributed by atoms with Crippen molar-refractivity contribution in [1.82, 2.24) is 16.3 Å². The standard InChI is InChI=1S/C24H26N4O2/c1-3-30-23-11-7-6-10-20(23)21-15-22(27-26-21)24(29)28-25-16(2)18-13-12-17-8-4-5-9-19(17)14-18/h4-14,21-22,26-27H,3,15H2,1-2H3,(H,28,29)/b25-16+. The number of hydrogen-bond donors (Lipinski definition) is 3. The highest BCUT2D eigenvalue weighted by molar-refractivity contribution is 6.02. The molecule has 0 saturated carbocycles. The van der Waals surface area contributed by atoms with Crippen LogP contribution < -0.4 is 21.0 Å². The van der Waals surface area contributed by atoms with Crippen LogP contribution in [0.3, 0.4) is 0 Å². The summed E-state index contributed by atoms with van der Waals surface area (Å²) >= 11 is 0. The summed E-state index contributed by atoms with van der Waals surface area (Å²) in [5, 5.41) is 6.64. The first-order valence-corrected chi connectivity index (χ1v) is 10.2. The van der Waals surface area contributed by atoms with Gasteiger partial charge in [0, 0.05) is 5.56 Å². The van der Waals surface area contributed by atoms with Crippen LogP contribution in [0.2, 0.25) is 0 Å². The number of nitrogens with one attached hydrogen (secondary N) is 3. The molecule has 1 heterocycles. The molecule has 3 aromatic rings. The van der Waals surface area contributed by atoms with Crippen molar-refractivity contribution in [2.24, 2.45) is 5.10 Å². The Kier molecular flexibility index (Phi) is 6.07. The zero-order valence-corrected chi connectivity index (χ0v) is 17.2.